The average Bonchev–Trinajstić information content (AvgIpc) is 2.40. The summed E-state index contributed by atoms with van der Waals surface area (Å²) in [6, 6.07) is 5.07. The van der Waals surface area contributed by atoms with Gasteiger partial charge in [0, 0.05) is 31.2 Å². The van der Waals surface area contributed by atoms with Gasteiger partial charge in [-0.15, -0.1) is 0 Å². The van der Waals surface area contributed by atoms with Crippen molar-refractivity contribution >= 4 is 10.0 Å². The topological polar surface area (TPSA) is 89.9 Å². The van der Waals surface area contributed by atoms with Crippen LogP contribution in [0.3, 0.4) is 0 Å². The van der Waals surface area contributed by atoms with Crippen LogP contribution in [-0.2, 0) is 16.6 Å². The molecule has 20 heavy (non-hydrogen) atoms. The molecule has 0 bridgehead atoms. The number of nitrogens with zero attached hydrogens (tertiary/aromatic N) is 1. The molecular formula is C13H20N2O4S. The maximum absolute atomic E-state index is 11.4. The molecule has 112 valence electrons. The van der Waals surface area contributed by atoms with Crippen molar-refractivity contribution in [3.8, 4) is 11.5 Å². The Morgan fingerprint density at radius 3 is 2.55 bits per heavy atom. The molecule has 1 fully saturated rings. The van der Waals surface area contributed by atoms with E-state index in [1.165, 1.54) is 16.6 Å². The highest BCUT2D eigenvalue weighted by Crippen LogP contribution is 2.28. The lowest BCUT2D eigenvalue weighted by Gasteiger charge is -2.30. The molecule has 0 saturated carbocycles. The normalized spacial score (nSPS) is 18.2. The van der Waals surface area contributed by atoms with Crippen LogP contribution >= 0.6 is 0 Å². The van der Waals surface area contributed by atoms with Gasteiger partial charge in [0.2, 0.25) is 10.0 Å². The van der Waals surface area contributed by atoms with Crippen molar-refractivity contribution in [3.05, 3.63) is 23.8 Å². The first-order valence-electron chi connectivity index (χ1n) is 6.56. The third-order valence-corrected chi connectivity index (χ3v) is 4.91. The molecule has 0 spiro atoms. The van der Waals surface area contributed by atoms with Crippen LogP contribution in [0.15, 0.2) is 18.2 Å². The Morgan fingerprint density at radius 2 is 1.95 bits per heavy atom. The highest BCUT2D eigenvalue weighted by atomic mass is 32.2. The zero-order chi connectivity index (χ0) is 14.8. The van der Waals surface area contributed by atoms with Crippen LogP contribution in [0.1, 0.15) is 18.4 Å². The monoisotopic (exact) mass is 300 g/mol. The summed E-state index contributed by atoms with van der Waals surface area (Å²) >= 11 is 0. The zero-order valence-electron chi connectivity index (χ0n) is 11.4. The minimum Gasteiger partial charge on any atom is -0.504 e. The number of phenolic OH excluding ortho intramolecular Hbond substituents is 2. The van der Waals surface area contributed by atoms with Crippen LogP contribution in [0.4, 0.5) is 0 Å². The van der Waals surface area contributed by atoms with Gasteiger partial charge in [0.05, 0.1) is 6.26 Å². The molecule has 1 aliphatic heterocycles. The van der Waals surface area contributed by atoms with Gasteiger partial charge in [-0.25, -0.2) is 12.7 Å². The number of sulfonamides is 1. The first kappa shape index (κ1) is 15.1. The Morgan fingerprint density at radius 1 is 1.30 bits per heavy atom. The second-order valence-corrected chi connectivity index (χ2v) is 7.08. The average molecular weight is 300 g/mol. The standard InChI is InChI=1S/C13H20N2O4S/c1-20(18,19)15-7-5-11(6-8-15)14-9-10-3-2-4-12(16)13(10)17/h2-4,11,14,16-17H,5-9H2,1H3. The van der Waals surface area contributed by atoms with E-state index < -0.39 is 10.0 Å². The van der Waals surface area contributed by atoms with E-state index in [0.29, 0.717) is 25.2 Å². The summed E-state index contributed by atoms with van der Waals surface area (Å²) in [6.45, 7) is 1.48. The van der Waals surface area contributed by atoms with E-state index in [-0.39, 0.29) is 17.5 Å². The minimum atomic E-state index is -3.10. The van der Waals surface area contributed by atoms with Crippen LogP contribution < -0.4 is 5.32 Å². The number of hydrogen-bond donors (Lipinski definition) is 3. The van der Waals surface area contributed by atoms with Crippen molar-refractivity contribution in [2.45, 2.75) is 25.4 Å². The van der Waals surface area contributed by atoms with Gasteiger partial charge in [-0.3, -0.25) is 0 Å². The molecule has 1 heterocycles. The Balaban J connectivity index is 1.86. The summed E-state index contributed by atoms with van der Waals surface area (Å²) in [4.78, 5) is 0. The van der Waals surface area contributed by atoms with E-state index in [9.17, 15) is 18.6 Å². The molecule has 0 aliphatic carbocycles. The highest BCUT2D eigenvalue weighted by Gasteiger charge is 2.24. The molecule has 0 atom stereocenters. The van der Waals surface area contributed by atoms with E-state index in [0.717, 1.165) is 12.8 Å². The molecule has 6 nitrogen and oxygen atoms in total. The molecule has 1 aromatic carbocycles. The lowest BCUT2D eigenvalue weighted by atomic mass is 10.1. The molecule has 0 aromatic heterocycles. The number of para-hydroxylation sites is 1. The fourth-order valence-corrected chi connectivity index (χ4v) is 3.24. The number of phenols is 2. The third kappa shape index (κ3) is 3.62. The summed E-state index contributed by atoms with van der Waals surface area (Å²) in [6.07, 6.45) is 2.71. The first-order chi connectivity index (χ1) is 9.38. The summed E-state index contributed by atoms with van der Waals surface area (Å²) in [5.41, 5.74) is 0.635. The minimum absolute atomic E-state index is 0.103. The molecule has 0 unspecified atom stereocenters. The number of hydrogen-bond acceptors (Lipinski definition) is 5. The number of benzene rings is 1. The van der Waals surface area contributed by atoms with E-state index in [4.69, 9.17) is 0 Å². The Kier molecular flexibility index (Phi) is 4.52. The molecule has 1 aliphatic rings. The van der Waals surface area contributed by atoms with Crippen LogP contribution in [0.5, 0.6) is 11.5 Å². The van der Waals surface area contributed by atoms with Gasteiger partial charge in [0.25, 0.3) is 0 Å². The maximum Gasteiger partial charge on any atom is 0.211 e. The van der Waals surface area contributed by atoms with Crippen LogP contribution in [0.25, 0.3) is 0 Å². The summed E-state index contributed by atoms with van der Waals surface area (Å²) in [5.74, 6) is -0.232. The molecule has 7 heteroatoms. The van der Waals surface area contributed by atoms with Crippen LogP contribution in [0.2, 0.25) is 0 Å². The van der Waals surface area contributed by atoms with Gasteiger partial charge in [0.15, 0.2) is 11.5 Å². The van der Waals surface area contributed by atoms with Crippen molar-refractivity contribution in [2.24, 2.45) is 0 Å². The molecule has 0 radical (unpaired) electrons. The van der Waals surface area contributed by atoms with Crippen LogP contribution in [-0.4, -0.2) is 48.3 Å². The third-order valence-electron chi connectivity index (χ3n) is 3.60. The van der Waals surface area contributed by atoms with Gasteiger partial charge in [-0.1, -0.05) is 12.1 Å². The number of nitrogens with one attached hydrogen (secondary N) is 1. The van der Waals surface area contributed by atoms with Crippen molar-refractivity contribution in [3.63, 3.8) is 0 Å². The summed E-state index contributed by atoms with van der Waals surface area (Å²) in [7, 11) is -3.10. The van der Waals surface area contributed by atoms with E-state index in [2.05, 4.69) is 5.32 Å². The van der Waals surface area contributed by atoms with Crippen LogP contribution in [0, 0.1) is 0 Å². The smallest absolute Gasteiger partial charge is 0.211 e. The lowest BCUT2D eigenvalue weighted by molar-refractivity contribution is 0.289. The quantitative estimate of drug-likeness (QED) is 0.709. The van der Waals surface area contributed by atoms with Crippen molar-refractivity contribution < 1.29 is 18.6 Å². The van der Waals surface area contributed by atoms with Gasteiger partial charge in [-0.05, 0) is 18.9 Å². The molecule has 2 rings (SSSR count). The molecule has 3 N–H and O–H groups in total. The number of rotatable bonds is 4. The summed E-state index contributed by atoms with van der Waals surface area (Å²) < 4.78 is 24.3. The molecular weight excluding hydrogens is 280 g/mol. The SMILES string of the molecule is CS(=O)(=O)N1CCC(NCc2cccc(O)c2O)CC1. The Hall–Kier alpha value is -1.31. The first-order valence-corrected chi connectivity index (χ1v) is 8.41. The number of aromatic hydroxyl groups is 2. The molecule has 0 amide bonds. The number of piperidine rings is 1. The van der Waals surface area contributed by atoms with E-state index in [1.54, 1.807) is 12.1 Å². The predicted octanol–water partition coefficient (Wildman–Crippen LogP) is 0.611. The van der Waals surface area contributed by atoms with Crippen molar-refractivity contribution in [1.82, 2.24) is 9.62 Å². The Bertz CT molecular complexity index is 566. The Labute approximate surface area is 119 Å². The van der Waals surface area contributed by atoms with Gasteiger partial charge < -0.3 is 15.5 Å². The predicted molar refractivity (Wildman–Crippen MR) is 76.1 cm³/mol. The van der Waals surface area contributed by atoms with Gasteiger partial charge in [0.1, 0.15) is 0 Å². The lowest BCUT2D eigenvalue weighted by Crippen LogP contribution is -2.44. The maximum atomic E-state index is 11.4. The fourth-order valence-electron chi connectivity index (χ4n) is 2.37. The second-order valence-electron chi connectivity index (χ2n) is 5.10. The van der Waals surface area contributed by atoms with Gasteiger partial charge in [-0.2, -0.15) is 0 Å². The fraction of sp³-hybridized carbons (Fsp3) is 0.538. The highest BCUT2D eigenvalue weighted by molar-refractivity contribution is 7.88. The van der Waals surface area contributed by atoms with Crippen molar-refractivity contribution in [2.75, 3.05) is 19.3 Å². The summed E-state index contributed by atoms with van der Waals surface area (Å²) in [5, 5.41) is 22.4. The zero-order valence-corrected chi connectivity index (χ0v) is 12.2. The van der Waals surface area contributed by atoms with Crippen molar-refractivity contribution in [1.29, 1.82) is 0 Å². The largest absolute Gasteiger partial charge is 0.504 e. The molecule has 1 saturated heterocycles. The molecule has 1 aromatic rings. The second kappa shape index (κ2) is 5.99. The van der Waals surface area contributed by atoms with Gasteiger partial charge >= 0.3 is 0 Å². The van der Waals surface area contributed by atoms with E-state index in [1.807, 2.05) is 0 Å². The van der Waals surface area contributed by atoms with E-state index >= 15 is 0 Å².